The lowest BCUT2D eigenvalue weighted by Crippen LogP contribution is -2.19. The van der Waals surface area contributed by atoms with Gasteiger partial charge in [-0.15, -0.1) is 0 Å². The van der Waals surface area contributed by atoms with Gasteiger partial charge in [0.05, 0.1) is 5.69 Å². The number of thioether (sulfide) groups is 1. The third-order valence-corrected chi connectivity index (χ3v) is 2.94. The fourth-order valence-corrected chi connectivity index (χ4v) is 2.16. The van der Waals surface area contributed by atoms with E-state index in [0.717, 1.165) is 16.6 Å². The Kier molecular flexibility index (Phi) is 3.41. The second-order valence-corrected chi connectivity index (χ2v) is 4.40. The van der Waals surface area contributed by atoms with Crippen LogP contribution in [-0.4, -0.2) is 15.3 Å². The summed E-state index contributed by atoms with van der Waals surface area (Å²) in [7, 11) is 0. The van der Waals surface area contributed by atoms with E-state index in [0.29, 0.717) is 0 Å². The molecule has 0 atom stereocenters. The van der Waals surface area contributed by atoms with Gasteiger partial charge in [0, 0.05) is 12.3 Å². The Bertz CT molecular complexity index is 522. The van der Waals surface area contributed by atoms with Crippen LogP contribution in [0.1, 0.15) is 6.92 Å². The van der Waals surface area contributed by atoms with Gasteiger partial charge in [0.2, 0.25) is 0 Å². The minimum atomic E-state index is -0.0443. The Morgan fingerprint density at radius 3 is 2.69 bits per heavy atom. The smallest absolute Gasteiger partial charge is 0.258 e. The molecule has 2 aromatic rings. The molecule has 0 aliphatic heterocycles. The highest BCUT2D eigenvalue weighted by molar-refractivity contribution is 7.99. The molecule has 0 aliphatic carbocycles. The first kappa shape index (κ1) is 11.0. The molecule has 1 heterocycles. The first-order valence-corrected chi connectivity index (χ1v) is 6.07. The Hall–Kier alpha value is -1.55. The summed E-state index contributed by atoms with van der Waals surface area (Å²) in [5, 5.41) is 0.737. The largest absolute Gasteiger partial charge is 0.269 e. The van der Waals surface area contributed by atoms with Crippen LogP contribution in [0.5, 0.6) is 0 Å². The minimum absolute atomic E-state index is 0.0443. The molecule has 0 spiro atoms. The van der Waals surface area contributed by atoms with E-state index in [9.17, 15) is 4.79 Å². The average Bonchev–Trinajstić information content (AvgIpc) is 2.31. The van der Waals surface area contributed by atoms with Crippen molar-refractivity contribution in [3.63, 3.8) is 0 Å². The molecule has 2 rings (SSSR count). The van der Waals surface area contributed by atoms with Gasteiger partial charge in [-0.05, 0) is 17.9 Å². The normalized spacial score (nSPS) is 10.3. The monoisotopic (exact) mass is 232 g/mol. The van der Waals surface area contributed by atoms with Crippen LogP contribution in [0.4, 0.5) is 0 Å². The van der Waals surface area contributed by atoms with Crippen LogP contribution in [0.3, 0.4) is 0 Å². The molecule has 82 valence electrons. The maximum Gasteiger partial charge on any atom is 0.258 e. The van der Waals surface area contributed by atoms with Crippen molar-refractivity contribution in [3.8, 4) is 5.69 Å². The Balaban J connectivity index is 2.59. The van der Waals surface area contributed by atoms with Crippen molar-refractivity contribution in [2.24, 2.45) is 0 Å². The summed E-state index contributed by atoms with van der Waals surface area (Å²) in [6, 6.07) is 11.0. The molecule has 0 aliphatic rings. The summed E-state index contributed by atoms with van der Waals surface area (Å²) < 4.78 is 1.63. The van der Waals surface area contributed by atoms with E-state index in [2.05, 4.69) is 4.98 Å². The molecule has 1 aromatic carbocycles. The van der Waals surface area contributed by atoms with Gasteiger partial charge in [0.1, 0.15) is 0 Å². The van der Waals surface area contributed by atoms with Crippen LogP contribution in [-0.2, 0) is 0 Å². The highest BCUT2D eigenvalue weighted by atomic mass is 32.2. The molecule has 0 saturated carbocycles. The summed E-state index contributed by atoms with van der Waals surface area (Å²) >= 11 is 1.56. The topological polar surface area (TPSA) is 34.9 Å². The SMILES string of the molecule is CCSc1nccc(=O)n1-c1ccccc1. The predicted molar refractivity (Wildman–Crippen MR) is 66.2 cm³/mol. The van der Waals surface area contributed by atoms with Crippen LogP contribution < -0.4 is 5.56 Å². The van der Waals surface area contributed by atoms with E-state index >= 15 is 0 Å². The number of hydrogen-bond donors (Lipinski definition) is 0. The number of para-hydroxylation sites is 1. The van der Waals surface area contributed by atoms with Gasteiger partial charge in [-0.1, -0.05) is 36.9 Å². The minimum Gasteiger partial charge on any atom is -0.269 e. The van der Waals surface area contributed by atoms with Gasteiger partial charge in [-0.3, -0.25) is 9.36 Å². The molecule has 0 N–H and O–H groups in total. The summed E-state index contributed by atoms with van der Waals surface area (Å²) in [5.74, 6) is 0.892. The molecule has 3 nitrogen and oxygen atoms in total. The molecule has 0 fully saturated rings. The Morgan fingerprint density at radius 1 is 1.25 bits per heavy atom. The van der Waals surface area contributed by atoms with Crippen LogP contribution >= 0.6 is 11.8 Å². The molecular formula is C12H12N2OS. The number of aromatic nitrogens is 2. The standard InChI is InChI=1S/C12H12N2OS/c1-2-16-12-13-9-8-11(15)14(12)10-6-4-3-5-7-10/h3-9H,2H2,1H3. The zero-order valence-corrected chi connectivity index (χ0v) is 9.78. The van der Waals surface area contributed by atoms with Crippen molar-refractivity contribution in [2.45, 2.75) is 12.1 Å². The Morgan fingerprint density at radius 2 is 2.00 bits per heavy atom. The van der Waals surface area contributed by atoms with Crippen molar-refractivity contribution in [1.29, 1.82) is 0 Å². The molecule has 0 unspecified atom stereocenters. The predicted octanol–water partition coefficient (Wildman–Crippen LogP) is 2.34. The fourth-order valence-electron chi connectivity index (χ4n) is 1.44. The molecule has 1 aromatic heterocycles. The van der Waals surface area contributed by atoms with E-state index in [1.165, 1.54) is 6.07 Å². The van der Waals surface area contributed by atoms with Crippen LogP contribution in [0.2, 0.25) is 0 Å². The van der Waals surface area contributed by atoms with Gasteiger partial charge in [0.25, 0.3) is 5.56 Å². The van der Waals surface area contributed by atoms with Crippen molar-refractivity contribution in [3.05, 3.63) is 52.9 Å². The lowest BCUT2D eigenvalue weighted by Gasteiger charge is -2.09. The molecule has 4 heteroatoms. The maximum absolute atomic E-state index is 11.8. The van der Waals surface area contributed by atoms with E-state index in [1.54, 1.807) is 22.5 Å². The lowest BCUT2D eigenvalue weighted by molar-refractivity contribution is 0.796. The van der Waals surface area contributed by atoms with Gasteiger partial charge < -0.3 is 0 Å². The highest BCUT2D eigenvalue weighted by Crippen LogP contribution is 2.16. The number of hydrogen-bond acceptors (Lipinski definition) is 3. The fraction of sp³-hybridized carbons (Fsp3) is 0.167. The van der Waals surface area contributed by atoms with Crippen molar-refractivity contribution >= 4 is 11.8 Å². The quantitative estimate of drug-likeness (QED) is 0.602. The van der Waals surface area contributed by atoms with E-state index < -0.39 is 0 Å². The van der Waals surface area contributed by atoms with Crippen LogP contribution in [0.25, 0.3) is 5.69 Å². The van der Waals surface area contributed by atoms with Crippen molar-refractivity contribution in [1.82, 2.24) is 9.55 Å². The van der Waals surface area contributed by atoms with E-state index in [4.69, 9.17) is 0 Å². The summed E-state index contributed by atoms with van der Waals surface area (Å²) in [6.45, 7) is 2.04. The van der Waals surface area contributed by atoms with Gasteiger partial charge >= 0.3 is 0 Å². The third kappa shape index (κ3) is 2.17. The number of benzene rings is 1. The maximum atomic E-state index is 11.8. The summed E-state index contributed by atoms with van der Waals surface area (Å²) in [4.78, 5) is 16.1. The lowest BCUT2D eigenvalue weighted by atomic mass is 10.3. The van der Waals surface area contributed by atoms with Crippen molar-refractivity contribution in [2.75, 3.05) is 5.75 Å². The zero-order chi connectivity index (χ0) is 11.4. The number of rotatable bonds is 3. The van der Waals surface area contributed by atoms with Gasteiger partial charge in [-0.25, -0.2) is 4.98 Å². The van der Waals surface area contributed by atoms with Gasteiger partial charge in [0.15, 0.2) is 5.16 Å². The van der Waals surface area contributed by atoms with E-state index in [1.807, 2.05) is 37.3 Å². The van der Waals surface area contributed by atoms with Crippen LogP contribution in [0, 0.1) is 0 Å². The molecule has 0 bridgehead atoms. The zero-order valence-electron chi connectivity index (χ0n) is 8.96. The molecule has 16 heavy (non-hydrogen) atoms. The van der Waals surface area contributed by atoms with Crippen LogP contribution in [0.15, 0.2) is 52.5 Å². The molecule has 0 saturated heterocycles. The van der Waals surface area contributed by atoms with Crippen molar-refractivity contribution < 1.29 is 0 Å². The summed E-state index contributed by atoms with van der Waals surface area (Å²) in [6.07, 6.45) is 1.56. The summed E-state index contributed by atoms with van der Waals surface area (Å²) in [5.41, 5.74) is 0.814. The first-order chi connectivity index (χ1) is 7.83. The number of nitrogens with zero attached hydrogens (tertiary/aromatic N) is 2. The molecule has 0 amide bonds. The first-order valence-electron chi connectivity index (χ1n) is 5.09. The van der Waals surface area contributed by atoms with E-state index in [-0.39, 0.29) is 5.56 Å². The highest BCUT2D eigenvalue weighted by Gasteiger charge is 2.06. The average molecular weight is 232 g/mol. The second kappa shape index (κ2) is 4.99. The third-order valence-electron chi connectivity index (χ3n) is 2.10. The van der Waals surface area contributed by atoms with Gasteiger partial charge in [-0.2, -0.15) is 0 Å². The Labute approximate surface area is 98.2 Å². The molecular weight excluding hydrogens is 220 g/mol. The second-order valence-electron chi connectivity index (χ2n) is 3.17. The molecule has 0 radical (unpaired) electrons.